The molecule has 3 aromatic rings. The fraction of sp³-hybridized carbons (Fsp3) is 0.393. The third-order valence-corrected chi connectivity index (χ3v) is 5.87. The van der Waals surface area contributed by atoms with Gasteiger partial charge >= 0.3 is 5.69 Å². The number of hydrogen-bond acceptors (Lipinski definition) is 7. The molecule has 38 heavy (non-hydrogen) atoms. The maximum Gasteiger partial charge on any atom is 0.318 e. The summed E-state index contributed by atoms with van der Waals surface area (Å²) in [6, 6.07) is 8.04. The zero-order valence-corrected chi connectivity index (χ0v) is 22.2. The maximum absolute atomic E-state index is 14.8. The topological polar surface area (TPSA) is 124 Å². The normalized spacial score (nSPS) is 14.1. The van der Waals surface area contributed by atoms with E-state index in [4.69, 9.17) is 10.5 Å². The van der Waals surface area contributed by atoms with Gasteiger partial charge in [-0.25, -0.2) is 9.37 Å². The summed E-state index contributed by atoms with van der Waals surface area (Å²) in [5.74, 6) is -0.572. The minimum atomic E-state index is -0.581. The lowest BCUT2D eigenvalue weighted by atomic mass is 10.0. The number of anilines is 1. The lowest BCUT2D eigenvalue weighted by Crippen LogP contribution is -2.32. The van der Waals surface area contributed by atoms with Gasteiger partial charge < -0.3 is 15.4 Å². The van der Waals surface area contributed by atoms with Crippen LogP contribution in [0, 0.1) is 15.9 Å². The summed E-state index contributed by atoms with van der Waals surface area (Å²) < 4.78 is 20.5. The van der Waals surface area contributed by atoms with Crippen LogP contribution in [0.15, 0.2) is 42.7 Å². The van der Waals surface area contributed by atoms with Gasteiger partial charge in [0.15, 0.2) is 0 Å². The van der Waals surface area contributed by atoms with Crippen molar-refractivity contribution in [3.8, 4) is 16.9 Å². The molecule has 0 radical (unpaired) electrons. The molecule has 9 nitrogen and oxygen atoms in total. The van der Waals surface area contributed by atoms with Crippen molar-refractivity contribution < 1.29 is 18.8 Å². The van der Waals surface area contributed by atoms with Gasteiger partial charge in [0.25, 0.3) is 5.91 Å². The highest BCUT2D eigenvalue weighted by molar-refractivity contribution is 5.97. The van der Waals surface area contributed by atoms with Crippen LogP contribution in [0.4, 0.5) is 15.9 Å². The molecule has 1 saturated carbocycles. The SMILES string of the molecule is CC.CCC.Nc1nccc(-c2ccc(CN3CCOc4cc(C5CC5)cc(F)c4C3=O)nc2)c1[N+](=O)[O-]. The number of pyridine rings is 2. The van der Waals surface area contributed by atoms with E-state index < -0.39 is 16.6 Å². The van der Waals surface area contributed by atoms with Crippen molar-refractivity contribution in [2.75, 3.05) is 18.9 Å². The molecule has 3 heterocycles. The predicted octanol–water partition coefficient (Wildman–Crippen LogP) is 6.13. The Balaban J connectivity index is 0.000000748. The molecule has 0 unspecified atom stereocenters. The highest BCUT2D eigenvalue weighted by Gasteiger charge is 2.31. The lowest BCUT2D eigenvalue weighted by Gasteiger charge is -2.20. The van der Waals surface area contributed by atoms with Crippen molar-refractivity contribution in [1.82, 2.24) is 14.9 Å². The van der Waals surface area contributed by atoms with E-state index in [1.54, 1.807) is 18.2 Å². The number of carbonyl (C=O) groups excluding carboxylic acids is 1. The van der Waals surface area contributed by atoms with E-state index in [0.29, 0.717) is 22.7 Å². The average Bonchev–Trinajstić information content (AvgIpc) is 3.76. The second-order valence-electron chi connectivity index (χ2n) is 8.82. The number of nitrogen functional groups attached to an aromatic ring is 1. The van der Waals surface area contributed by atoms with E-state index in [2.05, 4.69) is 23.8 Å². The number of benzene rings is 1. The molecule has 1 aliphatic carbocycles. The molecule has 0 atom stereocenters. The number of nitrogens with zero attached hydrogens (tertiary/aromatic N) is 4. The first kappa shape index (κ1) is 28.5. The summed E-state index contributed by atoms with van der Waals surface area (Å²) >= 11 is 0. The number of halogens is 1. The fourth-order valence-corrected chi connectivity index (χ4v) is 4.02. The predicted molar refractivity (Wildman–Crippen MR) is 144 cm³/mol. The Kier molecular flexibility index (Phi) is 9.70. The van der Waals surface area contributed by atoms with E-state index in [0.717, 1.165) is 18.4 Å². The largest absolute Gasteiger partial charge is 0.491 e. The van der Waals surface area contributed by atoms with Crippen LogP contribution in [0.2, 0.25) is 0 Å². The summed E-state index contributed by atoms with van der Waals surface area (Å²) in [5.41, 5.74) is 7.53. The van der Waals surface area contributed by atoms with Crippen LogP contribution in [0.1, 0.15) is 74.5 Å². The number of nitro groups is 1. The molecule has 2 aromatic heterocycles. The van der Waals surface area contributed by atoms with Crippen molar-refractivity contribution in [3.05, 3.63) is 75.5 Å². The number of aromatic nitrogens is 2. The van der Waals surface area contributed by atoms with Gasteiger partial charge in [0.1, 0.15) is 23.7 Å². The third-order valence-electron chi connectivity index (χ3n) is 5.87. The zero-order chi connectivity index (χ0) is 27.8. The molecule has 1 aromatic carbocycles. The van der Waals surface area contributed by atoms with Crippen LogP contribution in [0.5, 0.6) is 5.75 Å². The van der Waals surface area contributed by atoms with Gasteiger partial charge in [0.05, 0.1) is 29.3 Å². The van der Waals surface area contributed by atoms with Crippen LogP contribution in [-0.2, 0) is 6.54 Å². The zero-order valence-electron chi connectivity index (χ0n) is 22.2. The van der Waals surface area contributed by atoms with Gasteiger partial charge in [-0.05, 0) is 48.6 Å². The minimum absolute atomic E-state index is 0.0589. The summed E-state index contributed by atoms with van der Waals surface area (Å²) in [4.78, 5) is 33.5. The first-order valence-electron chi connectivity index (χ1n) is 12.9. The van der Waals surface area contributed by atoms with E-state index in [1.165, 1.54) is 35.8 Å². The van der Waals surface area contributed by atoms with E-state index >= 15 is 0 Å². The molecule has 10 heteroatoms. The number of ether oxygens (including phenoxy) is 1. The number of rotatable bonds is 5. The molecular formula is C28H34FN5O4. The van der Waals surface area contributed by atoms with E-state index in [-0.39, 0.29) is 42.5 Å². The summed E-state index contributed by atoms with van der Waals surface area (Å²) in [7, 11) is 0. The molecule has 0 bridgehead atoms. The molecular weight excluding hydrogens is 489 g/mol. The van der Waals surface area contributed by atoms with Crippen LogP contribution in [0.25, 0.3) is 11.1 Å². The van der Waals surface area contributed by atoms with Gasteiger partial charge in [-0.2, -0.15) is 0 Å². The average molecular weight is 524 g/mol. The first-order chi connectivity index (χ1) is 18.3. The third kappa shape index (κ3) is 6.42. The van der Waals surface area contributed by atoms with Gasteiger partial charge in [0, 0.05) is 18.0 Å². The van der Waals surface area contributed by atoms with Crippen molar-refractivity contribution in [1.29, 1.82) is 0 Å². The molecule has 1 amide bonds. The summed E-state index contributed by atoms with van der Waals surface area (Å²) in [6.07, 6.45) is 6.17. The van der Waals surface area contributed by atoms with Gasteiger partial charge in [-0.1, -0.05) is 40.2 Å². The van der Waals surface area contributed by atoms with E-state index in [9.17, 15) is 19.3 Å². The maximum atomic E-state index is 14.8. The Hall–Kier alpha value is -4.08. The first-order valence-corrected chi connectivity index (χ1v) is 12.9. The second kappa shape index (κ2) is 12.9. The number of carbonyl (C=O) groups is 1. The van der Waals surface area contributed by atoms with Crippen LogP contribution < -0.4 is 10.5 Å². The molecule has 1 fully saturated rings. The molecule has 5 rings (SSSR count). The molecule has 202 valence electrons. The van der Waals surface area contributed by atoms with Gasteiger partial charge in [0.2, 0.25) is 5.82 Å². The molecule has 2 N–H and O–H groups in total. The number of hydrogen-bond donors (Lipinski definition) is 1. The fourth-order valence-electron chi connectivity index (χ4n) is 4.02. The Labute approximate surface area is 222 Å². The Morgan fingerprint density at radius 2 is 1.89 bits per heavy atom. The number of amides is 1. The van der Waals surface area contributed by atoms with Crippen LogP contribution in [0.3, 0.4) is 0 Å². The summed E-state index contributed by atoms with van der Waals surface area (Å²) in [6.45, 7) is 8.92. The van der Waals surface area contributed by atoms with Crippen molar-refractivity contribution in [2.24, 2.45) is 0 Å². The second-order valence-corrected chi connectivity index (χ2v) is 8.82. The molecule has 0 saturated heterocycles. The Bertz CT molecular complexity index is 1280. The molecule has 0 spiro atoms. The molecule has 2 aliphatic rings. The van der Waals surface area contributed by atoms with Crippen molar-refractivity contribution in [2.45, 2.75) is 59.4 Å². The van der Waals surface area contributed by atoms with Gasteiger partial charge in [-0.3, -0.25) is 19.9 Å². The molecule has 1 aliphatic heterocycles. The quantitative estimate of drug-likeness (QED) is 0.315. The van der Waals surface area contributed by atoms with E-state index in [1.807, 2.05) is 13.8 Å². The van der Waals surface area contributed by atoms with Crippen molar-refractivity contribution in [3.63, 3.8) is 0 Å². The Morgan fingerprint density at radius 3 is 2.50 bits per heavy atom. The highest BCUT2D eigenvalue weighted by Crippen LogP contribution is 2.43. The smallest absolute Gasteiger partial charge is 0.318 e. The van der Waals surface area contributed by atoms with Crippen molar-refractivity contribution >= 4 is 17.4 Å². The summed E-state index contributed by atoms with van der Waals surface area (Å²) in [5, 5.41) is 11.4. The monoisotopic (exact) mass is 523 g/mol. The lowest BCUT2D eigenvalue weighted by molar-refractivity contribution is -0.383. The number of nitrogens with two attached hydrogens (primary N) is 1. The minimum Gasteiger partial charge on any atom is -0.491 e. The van der Waals surface area contributed by atoms with Crippen LogP contribution in [-0.4, -0.2) is 38.8 Å². The van der Waals surface area contributed by atoms with Crippen LogP contribution >= 0.6 is 0 Å². The number of fused-ring (bicyclic) bond motifs is 1. The van der Waals surface area contributed by atoms with Gasteiger partial charge in [-0.15, -0.1) is 0 Å². The Morgan fingerprint density at radius 1 is 1.18 bits per heavy atom. The highest BCUT2D eigenvalue weighted by atomic mass is 19.1. The standard InChI is InChI=1S/C23H20FN5O4.C3H8.C2H6/c24-18-9-15(13-1-2-13)10-19-20(18)23(30)28(7-8-33-19)12-16-4-3-14(11-27-16)17-5-6-26-22(25)21(17)29(31)32;1-3-2;1-2/h3-6,9-11,13H,1-2,7-8,12H2,(H2,25,26);3H2,1-2H3;1-2H3.